The van der Waals surface area contributed by atoms with E-state index >= 15 is 0 Å². The van der Waals surface area contributed by atoms with Gasteiger partial charge in [0.1, 0.15) is 0 Å². The van der Waals surface area contributed by atoms with Crippen LogP contribution >= 0.6 is 0 Å². The van der Waals surface area contributed by atoms with Gasteiger partial charge in [-0.1, -0.05) is 0 Å². The van der Waals surface area contributed by atoms with Gasteiger partial charge in [-0.2, -0.15) is 0 Å². The number of rotatable bonds is 1. The van der Waals surface area contributed by atoms with Crippen molar-refractivity contribution in [3.63, 3.8) is 0 Å². The van der Waals surface area contributed by atoms with Crippen LogP contribution in [0.2, 0.25) is 0 Å². The number of hydrogen-bond acceptors (Lipinski definition) is 3. The minimum absolute atomic E-state index is 0.0604. The Morgan fingerprint density at radius 3 is 2.62 bits per heavy atom. The number of H-pyrrole nitrogens is 1. The van der Waals surface area contributed by atoms with E-state index in [-0.39, 0.29) is 10.9 Å². The van der Waals surface area contributed by atoms with Crippen molar-refractivity contribution in [2.75, 3.05) is 0 Å². The molecule has 0 bridgehead atoms. The van der Waals surface area contributed by atoms with E-state index < -0.39 is 27.8 Å². The standard InChI is InChI=1S/C9H4F2N2O3/c10-5-2-1-4-3-6(13(15)16)9(14)12-8(4)7(5)11/h1-3H,(H,12,14). The first kappa shape index (κ1) is 10.2. The molecule has 0 aliphatic rings. The molecular formula is C9H4F2N2O3. The number of aromatic amines is 1. The van der Waals surface area contributed by atoms with Crippen LogP contribution in [0.4, 0.5) is 14.5 Å². The molecule has 2 aromatic rings. The van der Waals surface area contributed by atoms with Crippen molar-refractivity contribution in [2.45, 2.75) is 0 Å². The van der Waals surface area contributed by atoms with Gasteiger partial charge in [0.05, 0.1) is 10.4 Å². The summed E-state index contributed by atoms with van der Waals surface area (Å²) in [5, 5.41) is 10.5. The lowest BCUT2D eigenvalue weighted by Gasteiger charge is -1.99. The molecule has 0 spiro atoms. The van der Waals surface area contributed by atoms with Gasteiger partial charge in [0, 0.05) is 11.5 Å². The molecule has 0 aliphatic carbocycles. The van der Waals surface area contributed by atoms with Crippen molar-refractivity contribution in [1.82, 2.24) is 4.98 Å². The van der Waals surface area contributed by atoms with Crippen LogP contribution in [0.5, 0.6) is 0 Å². The van der Waals surface area contributed by atoms with Crippen molar-refractivity contribution in [3.05, 3.63) is 50.3 Å². The summed E-state index contributed by atoms with van der Waals surface area (Å²) in [5.41, 5.74) is -2.16. The van der Waals surface area contributed by atoms with E-state index in [0.29, 0.717) is 0 Å². The lowest BCUT2D eigenvalue weighted by Crippen LogP contribution is -2.12. The van der Waals surface area contributed by atoms with Crippen LogP contribution in [0.3, 0.4) is 0 Å². The normalized spacial score (nSPS) is 10.6. The number of nitrogens with one attached hydrogen (secondary N) is 1. The minimum Gasteiger partial charge on any atom is -0.313 e. The molecule has 16 heavy (non-hydrogen) atoms. The summed E-state index contributed by atoms with van der Waals surface area (Å²) in [4.78, 5) is 22.6. The lowest BCUT2D eigenvalue weighted by molar-refractivity contribution is -0.386. The number of aromatic nitrogens is 1. The van der Waals surface area contributed by atoms with Crippen LogP contribution < -0.4 is 5.56 Å². The summed E-state index contributed by atoms with van der Waals surface area (Å²) in [6.07, 6.45) is 0. The summed E-state index contributed by atoms with van der Waals surface area (Å²) in [6, 6.07) is 2.88. The predicted molar refractivity (Wildman–Crippen MR) is 51.1 cm³/mol. The molecule has 0 radical (unpaired) electrons. The van der Waals surface area contributed by atoms with E-state index in [1.54, 1.807) is 0 Å². The van der Waals surface area contributed by atoms with E-state index in [4.69, 9.17) is 0 Å². The van der Waals surface area contributed by atoms with Gasteiger partial charge in [0.2, 0.25) is 0 Å². The second-order valence-electron chi connectivity index (χ2n) is 3.07. The molecule has 0 aliphatic heterocycles. The Morgan fingerprint density at radius 1 is 1.31 bits per heavy atom. The third-order valence-corrected chi connectivity index (χ3v) is 2.09. The molecular weight excluding hydrogens is 222 g/mol. The van der Waals surface area contributed by atoms with Gasteiger partial charge in [-0.05, 0) is 12.1 Å². The number of pyridine rings is 1. The zero-order chi connectivity index (χ0) is 11.9. The fourth-order valence-corrected chi connectivity index (χ4v) is 1.34. The van der Waals surface area contributed by atoms with E-state index in [0.717, 1.165) is 18.2 Å². The predicted octanol–water partition coefficient (Wildman–Crippen LogP) is 1.71. The summed E-state index contributed by atoms with van der Waals surface area (Å²) < 4.78 is 26.0. The lowest BCUT2D eigenvalue weighted by atomic mass is 10.2. The number of hydrogen-bond donors (Lipinski definition) is 1. The highest BCUT2D eigenvalue weighted by Gasteiger charge is 2.16. The van der Waals surface area contributed by atoms with Gasteiger partial charge in [-0.25, -0.2) is 8.78 Å². The molecule has 5 nitrogen and oxygen atoms in total. The van der Waals surface area contributed by atoms with Crippen molar-refractivity contribution in [1.29, 1.82) is 0 Å². The molecule has 0 saturated carbocycles. The maximum Gasteiger partial charge on any atom is 0.334 e. The molecule has 7 heteroatoms. The Labute approximate surface area is 86.5 Å². The number of benzene rings is 1. The first-order valence-electron chi connectivity index (χ1n) is 4.16. The van der Waals surface area contributed by atoms with E-state index in [1.807, 2.05) is 4.98 Å². The molecule has 0 unspecified atom stereocenters. The van der Waals surface area contributed by atoms with Crippen LogP contribution in [0.25, 0.3) is 10.9 Å². The highest BCUT2D eigenvalue weighted by atomic mass is 19.2. The van der Waals surface area contributed by atoms with Crippen LogP contribution in [0.1, 0.15) is 0 Å². The summed E-state index contributed by atoms with van der Waals surface area (Å²) in [6.45, 7) is 0. The molecule has 2 rings (SSSR count). The Bertz CT molecular complexity index is 651. The monoisotopic (exact) mass is 226 g/mol. The second kappa shape index (κ2) is 3.37. The maximum absolute atomic E-state index is 13.2. The second-order valence-corrected chi connectivity index (χ2v) is 3.07. The van der Waals surface area contributed by atoms with Crippen molar-refractivity contribution in [3.8, 4) is 0 Å². The average molecular weight is 226 g/mol. The van der Waals surface area contributed by atoms with Crippen molar-refractivity contribution < 1.29 is 13.7 Å². The fourth-order valence-electron chi connectivity index (χ4n) is 1.34. The summed E-state index contributed by atoms with van der Waals surface area (Å²) in [5.74, 6) is -2.36. The Kier molecular flexibility index (Phi) is 2.15. The first-order chi connectivity index (χ1) is 7.50. The average Bonchev–Trinajstić information content (AvgIpc) is 2.23. The molecule has 0 saturated heterocycles. The third kappa shape index (κ3) is 1.42. The molecule has 1 aromatic heterocycles. The largest absolute Gasteiger partial charge is 0.334 e. The Balaban J connectivity index is 2.89. The molecule has 1 aromatic carbocycles. The molecule has 82 valence electrons. The van der Waals surface area contributed by atoms with Gasteiger partial charge in [-0.15, -0.1) is 0 Å². The number of halogens is 2. The maximum atomic E-state index is 13.2. The van der Waals surface area contributed by atoms with Gasteiger partial charge >= 0.3 is 11.2 Å². The van der Waals surface area contributed by atoms with Crippen LogP contribution in [0, 0.1) is 21.7 Å². The van der Waals surface area contributed by atoms with Gasteiger partial charge in [0.25, 0.3) is 0 Å². The zero-order valence-corrected chi connectivity index (χ0v) is 7.66. The Morgan fingerprint density at radius 2 is 2.00 bits per heavy atom. The van der Waals surface area contributed by atoms with E-state index in [2.05, 4.69) is 0 Å². The van der Waals surface area contributed by atoms with E-state index in [9.17, 15) is 23.7 Å². The first-order valence-corrected chi connectivity index (χ1v) is 4.16. The molecule has 1 heterocycles. The topological polar surface area (TPSA) is 76.0 Å². The molecule has 0 amide bonds. The SMILES string of the molecule is O=c1[nH]c2c(F)c(F)ccc2cc1[N+](=O)[O-]. The molecule has 1 N–H and O–H groups in total. The van der Waals surface area contributed by atoms with Crippen molar-refractivity contribution in [2.24, 2.45) is 0 Å². The third-order valence-electron chi connectivity index (χ3n) is 2.09. The molecule has 0 atom stereocenters. The number of nitro groups is 1. The highest BCUT2D eigenvalue weighted by molar-refractivity contribution is 5.80. The van der Waals surface area contributed by atoms with Crippen LogP contribution in [-0.2, 0) is 0 Å². The minimum atomic E-state index is -1.23. The van der Waals surface area contributed by atoms with Crippen molar-refractivity contribution >= 4 is 16.6 Å². The highest BCUT2D eigenvalue weighted by Crippen LogP contribution is 2.19. The van der Waals surface area contributed by atoms with Gasteiger partial charge in [-0.3, -0.25) is 14.9 Å². The van der Waals surface area contributed by atoms with Gasteiger partial charge in [0.15, 0.2) is 11.6 Å². The van der Waals surface area contributed by atoms with Gasteiger partial charge < -0.3 is 4.98 Å². The quantitative estimate of drug-likeness (QED) is 0.594. The zero-order valence-electron chi connectivity index (χ0n) is 7.66. The number of nitrogens with zero attached hydrogens (tertiary/aromatic N) is 1. The summed E-state index contributed by atoms with van der Waals surface area (Å²) in [7, 11) is 0. The van der Waals surface area contributed by atoms with Crippen LogP contribution in [-0.4, -0.2) is 9.91 Å². The Hall–Kier alpha value is -2.31. The fraction of sp³-hybridized carbons (Fsp3) is 0. The molecule has 0 fully saturated rings. The van der Waals surface area contributed by atoms with Crippen LogP contribution in [0.15, 0.2) is 23.0 Å². The summed E-state index contributed by atoms with van der Waals surface area (Å²) >= 11 is 0. The smallest absolute Gasteiger partial charge is 0.313 e. The number of fused-ring (bicyclic) bond motifs is 1. The van der Waals surface area contributed by atoms with E-state index in [1.165, 1.54) is 0 Å².